The van der Waals surface area contributed by atoms with Crippen molar-refractivity contribution in [2.45, 2.75) is 39.2 Å². The molecular weight excluding hydrogens is 464 g/mol. The lowest BCUT2D eigenvalue weighted by atomic mass is 9.89. The monoisotopic (exact) mass is 498 g/mol. The van der Waals surface area contributed by atoms with Crippen molar-refractivity contribution in [3.05, 3.63) is 46.6 Å². The first-order valence-corrected chi connectivity index (χ1v) is 12.7. The normalized spacial score (nSPS) is 21.1. The Morgan fingerprint density at radius 3 is 2.60 bits per heavy atom. The molecule has 8 nitrogen and oxygen atoms in total. The number of hydrogen-bond acceptors (Lipinski definition) is 6. The summed E-state index contributed by atoms with van der Waals surface area (Å²) in [6.45, 7) is 8.45. The summed E-state index contributed by atoms with van der Waals surface area (Å²) in [5, 5.41) is 3.39. The van der Waals surface area contributed by atoms with Gasteiger partial charge in [-0.2, -0.15) is 0 Å². The molecule has 3 N–H and O–H groups in total. The zero-order chi connectivity index (χ0) is 25.1. The van der Waals surface area contributed by atoms with E-state index in [4.69, 9.17) is 17.3 Å². The molecule has 2 aromatic rings. The highest BCUT2D eigenvalue weighted by Gasteiger charge is 2.34. The highest BCUT2D eigenvalue weighted by atomic mass is 35.5. The Hall–Kier alpha value is -2.84. The van der Waals surface area contributed by atoms with Crippen LogP contribution >= 0.6 is 11.6 Å². The number of anilines is 3. The minimum atomic E-state index is -0.669. The number of amides is 2. The number of piperidine rings is 1. The van der Waals surface area contributed by atoms with E-state index in [0.29, 0.717) is 35.4 Å². The zero-order valence-corrected chi connectivity index (χ0v) is 21.5. The number of aromatic nitrogens is 1. The number of benzene rings is 1. The highest BCUT2D eigenvalue weighted by molar-refractivity contribution is 6.39. The zero-order valence-electron chi connectivity index (χ0n) is 20.8. The summed E-state index contributed by atoms with van der Waals surface area (Å²) in [6, 6.07) is 7.64. The molecular formula is C26H35ClN6O2. The van der Waals surface area contributed by atoms with Crippen LogP contribution in [0.1, 0.15) is 43.9 Å². The van der Waals surface area contributed by atoms with Gasteiger partial charge in [-0.3, -0.25) is 9.59 Å². The first-order chi connectivity index (χ1) is 16.8. The van der Waals surface area contributed by atoms with Gasteiger partial charge in [0.25, 0.3) is 0 Å². The minimum absolute atomic E-state index is 0.195. The molecule has 2 saturated heterocycles. The summed E-state index contributed by atoms with van der Waals surface area (Å²) in [5.74, 6) is -0.472. The summed E-state index contributed by atoms with van der Waals surface area (Å²) < 4.78 is 0. The van der Waals surface area contributed by atoms with Crippen LogP contribution in [0.5, 0.6) is 0 Å². The number of piperazine rings is 1. The highest BCUT2D eigenvalue weighted by Crippen LogP contribution is 2.37. The number of nitrogen functional groups attached to an aromatic ring is 1. The van der Waals surface area contributed by atoms with Gasteiger partial charge in [-0.05, 0) is 61.6 Å². The number of nitrogens with zero attached hydrogens (tertiary/aromatic N) is 4. The first-order valence-electron chi connectivity index (χ1n) is 12.4. The summed E-state index contributed by atoms with van der Waals surface area (Å²) in [7, 11) is 2.13. The number of pyridine rings is 1. The minimum Gasteiger partial charge on any atom is -0.383 e. The summed E-state index contributed by atoms with van der Waals surface area (Å²) in [5.41, 5.74) is 9.14. The maximum absolute atomic E-state index is 13.3. The van der Waals surface area contributed by atoms with Crippen molar-refractivity contribution < 1.29 is 9.59 Å². The van der Waals surface area contributed by atoms with Crippen molar-refractivity contribution in [2.75, 3.05) is 55.7 Å². The van der Waals surface area contributed by atoms with Crippen molar-refractivity contribution in [3.63, 3.8) is 0 Å². The van der Waals surface area contributed by atoms with E-state index in [2.05, 4.69) is 46.2 Å². The lowest BCUT2D eigenvalue weighted by Crippen LogP contribution is -2.46. The summed E-state index contributed by atoms with van der Waals surface area (Å²) in [4.78, 5) is 36.7. The molecule has 4 rings (SSSR count). The van der Waals surface area contributed by atoms with Gasteiger partial charge < -0.3 is 25.8 Å². The fourth-order valence-electron chi connectivity index (χ4n) is 4.95. The Bertz CT molecular complexity index is 1090. The van der Waals surface area contributed by atoms with Crippen LogP contribution in [0.25, 0.3) is 0 Å². The van der Waals surface area contributed by atoms with Crippen LogP contribution in [-0.4, -0.2) is 66.4 Å². The first kappa shape index (κ1) is 25.3. The molecule has 1 aromatic heterocycles. The predicted octanol–water partition coefficient (Wildman–Crippen LogP) is 3.57. The Balaban J connectivity index is 1.52. The maximum Gasteiger partial charge on any atom is 0.313 e. The molecule has 0 saturated carbocycles. The molecule has 9 heteroatoms. The summed E-state index contributed by atoms with van der Waals surface area (Å²) >= 11 is 6.73. The third-order valence-corrected chi connectivity index (χ3v) is 7.42. The van der Waals surface area contributed by atoms with Crippen molar-refractivity contribution in [2.24, 2.45) is 5.92 Å². The number of halogens is 1. The van der Waals surface area contributed by atoms with Crippen LogP contribution < -0.4 is 16.0 Å². The number of nitrogens with one attached hydrogen (secondary N) is 1. The van der Waals surface area contributed by atoms with E-state index in [9.17, 15) is 9.59 Å². The largest absolute Gasteiger partial charge is 0.383 e. The van der Waals surface area contributed by atoms with Gasteiger partial charge in [0, 0.05) is 32.7 Å². The van der Waals surface area contributed by atoms with Gasteiger partial charge in [0.05, 0.1) is 28.6 Å². The molecule has 2 aliphatic heterocycles. The smallest absolute Gasteiger partial charge is 0.313 e. The van der Waals surface area contributed by atoms with E-state index >= 15 is 0 Å². The van der Waals surface area contributed by atoms with E-state index in [0.717, 1.165) is 55.8 Å². The molecule has 0 aliphatic carbocycles. The number of carbonyl (C=O) groups is 2. The lowest BCUT2D eigenvalue weighted by molar-refractivity contribution is -0.146. The molecule has 2 amide bonds. The number of aryl methyl sites for hydroxylation is 1. The van der Waals surface area contributed by atoms with Crippen molar-refractivity contribution in [1.82, 2.24) is 14.8 Å². The van der Waals surface area contributed by atoms with E-state index in [1.165, 1.54) is 6.20 Å². The van der Waals surface area contributed by atoms with Crippen molar-refractivity contribution in [1.29, 1.82) is 0 Å². The van der Waals surface area contributed by atoms with Crippen LogP contribution in [0, 0.1) is 5.92 Å². The lowest BCUT2D eigenvalue weighted by Gasteiger charge is -2.39. The standard InChI is InChI=1S/C26H35ClN6O2/c1-4-18-13-20(15-29-24(18)28)30-25(34)26(35)33-16-17(2)5-7-22(33)19-6-8-23(21(27)14-19)32-11-9-31(3)10-12-32/h6,8,13-15,17,22H,4-5,7,9-12,16H2,1-3H3,(H2,28,29)(H,30,34)/t17-,22+/m0/s1. The van der Waals surface area contributed by atoms with E-state index < -0.39 is 11.8 Å². The second kappa shape index (κ2) is 10.8. The van der Waals surface area contributed by atoms with E-state index in [-0.39, 0.29) is 6.04 Å². The topological polar surface area (TPSA) is 94.8 Å². The molecule has 35 heavy (non-hydrogen) atoms. The Labute approximate surface area is 212 Å². The van der Waals surface area contributed by atoms with E-state index in [1.54, 1.807) is 11.0 Å². The fourth-order valence-corrected chi connectivity index (χ4v) is 5.25. The number of nitrogens with two attached hydrogens (primary N) is 1. The quantitative estimate of drug-likeness (QED) is 0.626. The number of likely N-dealkylation sites (N-methyl/N-ethyl adjacent to an activating group) is 1. The van der Waals surface area contributed by atoms with Crippen molar-refractivity contribution in [3.8, 4) is 0 Å². The number of carbonyl (C=O) groups excluding carboxylic acids is 2. The molecule has 3 heterocycles. The molecule has 0 radical (unpaired) electrons. The van der Waals surface area contributed by atoms with Crippen LogP contribution in [0.2, 0.25) is 5.02 Å². The second-order valence-electron chi connectivity index (χ2n) is 9.73. The SMILES string of the molecule is CCc1cc(NC(=O)C(=O)N2C[C@@H](C)CC[C@@H]2c2ccc(N3CCN(C)CC3)c(Cl)c2)cnc1N. The molecule has 2 fully saturated rings. The number of rotatable bonds is 4. The molecule has 0 unspecified atom stereocenters. The average Bonchev–Trinajstić information content (AvgIpc) is 2.85. The Morgan fingerprint density at radius 1 is 1.17 bits per heavy atom. The molecule has 0 spiro atoms. The van der Waals surface area contributed by atoms with Crippen LogP contribution in [0.4, 0.5) is 17.2 Å². The third kappa shape index (κ3) is 5.70. The van der Waals surface area contributed by atoms with E-state index in [1.807, 2.05) is 13.0 Å². The van der Waals surface area contributed by atoms with Gasteiger partial charge >= 0.3 is 11.8 Å². The summed E-state index contributed by atoms with van der Waals surface area (Å²) in [6.07, 6.45) is 3.93. The molecule has 1 aromatic carbocycles. The molecule has 2 atom stereocenters. The van der Waals surface area contributed by atoms with Crippen LogP contribution in [0.3, 0.4) is 0 Å². The van der Waals surface area contributed by atoms with Crippen LogP contribution in [-0.2, 0) is 16.0 Å². The second-order valence-corrected chi connectivity index (χ2v) is 10.1. The fraction of sp³-hybridized carbons (Fsp3) is 0.500. The van der Waals surface area contributed by atoms with Gasteiger partial charge in [0.2, 0.25) is 0 Å². The predicted molar refractivity (Wildman–Crippen MR) is 141 cm³/mol. The Kier molecular flexibility index (Phi) is 7.82. The molecule has 188 valence electrons. The van der Waals surface area contributed by atoms with Gasteiger partial charge in [-0.1, -0.05) is 31.5 Å². The van der Waals surface area contributed by atoms with Gasteiger partial charge in [-0.25, -0.2) is 4.98 Å². The molecule has 0 bridgehead atoms. The Morgan fingerprint density at radius 2 is 1.91 bits per heavy atom. The van der Waals surface area contributed by atoms with Gasteiger partial charge in [0.1, 0.15) is 5.82 Å². The third-order valence-electron chi connectivity index (χ3n) is 7.11. The number of hydrogen-bond donors (Lipinski definition) is 2. The van der Waals surface area contributed by atoms with Gasteiger partial charge in [0.15, 0.2) is 0 Å². The maximum atomic E-state index is 13.3. The van der Waals surface area contributed by atoms with Crippen LogP contribution in [0.15, 0.2) is 30.5 Å². The van der Waals surface area contributed by atoms with Crippen molar-refractivity contribution >= 4 is 40.6 Å². The van der Waals surface area contributed by atoms with Gasteiger partial charge in [-0.15, -0.1) is 0 Å². The average molecular weight is 499 g/mol. The number of likely N-dealkylation sites (tertiary alicyclic amines) is 1. The molecule has 2 aliphatic rings.